The van der Waals surface area contributed by atoms with E-state index in [1.54, 1.807) is 0 Å². The lowest BCUT2D eigenvalue weighted by molar-refractivity contribution is -0.0235. The average molecular weight is 504 g/mol. The molecule has 8 nitrogen and oxygen atoms in total. The Morgan fingerprint density at radius 1 is 1.16 bits per heavy atom. The van der Waals surface area contributed by atoms with Crippen molar-refractivity contribution in [2.75, 3.05) is 46.0 Å². The van der Waals surface area contributed by atoms with Crippen LogP contribution in [0.4, 0.5) is 4.79 Å². The minimum Gasteiger partial charge on any atom is -0.378 e. The molecule has 6 rings (SSSR count). The molecule has 3 aromatic rings. The summed E-state index contributed by atoms with van der Waals surface area (Å²) in [4.78, 5) is 25.5. The number of carbonyl (C=O) groups excluding carboxylic acids is 1. The van der Waals surface area contributed by atoms with Crippen LogP contribution in [0.25, 0.3) is 22.2 Å². The number of hydrogen-bond acceptors (Lipinski definition) is 5. The van der Waals surface area contributed by atoms with Crippen LogP contribution in [0.3, 0.4) is 0 Å². The van der Waals surface area contributed by atoms with Crippen LogP contribution in [-0.4, -0.2) is 77.9 Å². The molecule has 8 heteroatoms. The van der Waals surface area contributed by atoms with Crippen LogP contribution in [0.15, 0.2) is 30.6 Å². The molecule has 5 heterocycles. The van der Waals surface area contributed by atoms with Gasteiger partial charge in [-0.15, -0.1) is 0 Å². The number of urea groups is 1. The molecule has 0 radical (unpaired) electrons. The number of aromatic amines is 1. The van der Waals surface area contributed by atoms with Crippen LogP contribution in [0, 0.1) is 6.92 Å². The number of rotatable bonds is 4. The molecule has 1 aromatic carbocycles. The number of nitrogens with one attached hydrogen (secondary N) is 2. The van der Waals surface area contributed by atoms with Crippen LogP contribution in [0.5, 0.6) is 0 Å². The van der Waals surface area contributed by atoms with E-state index in [9.17, 15) is 4.79 Å². The molecule has 37 heavy (non-hydrogen) atoms. The molecule has 0 bridgehead atoms. The summed E-state index contributed by atoms with van der Waals surface area (Å²) in [5.74, 6) is 0. The highest BCUT2D eigenvalue weighted by Gasteiger charge is 2.32. The first-order valence-corrected chi connectivity index (χ1v) is 13.7. The van der Waals surface area contributed by atoms with E-state index >= 15 is 0 Å². The normalized spacial score (nSPS) is 22.3. The largest absolute Gasteiger partial charge is 0.378 e. The predicted octanol–water partition coefficient (Wildman–Crippen LogP) is 4.18. The quantitative estimate of drug-likeness (QED) is 0.558. The number of H-pyrrole nitrogens is 1. The van der Waals surface area contributed by atoms with E-state index in [0.29, 0.717) is 32.8 Å². The summed E-state index contributed by atoms with van der Waals surface area (Å²) in [6.07, 6.45) is 7.02. The fourth-order valence-corrected chi connectivity index (χ4v) is 5.99. The van der Waals surface area contributed by atoms with Crippen LogP contribution in [0.2, 0.25) is 0 Å². The molecule has 2 N–H and O–H groups in total. The van der Waals surface area contributed by atoms with Crippen molar-refractivity contribution in [2.45, 2.75) is 51.8 Å². The van der Waals surface area contributed by atoms with Gasteiger partial charge in [0.2, 0.25) is 0 Å². The van der Waals surface area contributed by atoms with Gasteiger partial charge in [-0.2, -0.15) is 0 Å². The average Bonchev–Trinajstić information content (AvgIpc) is 3.32. The first-order valence-electron chi connectivity index (χ1n) is 13.7. The van der Waals surface area contributed by atoms with Crippen molar-refractivity contribution >= 4 is 17.1 Å². The third-order valence-electron chi connectivity index (χ3n) is 8.04. The summed E-state index contributed by atoms with van der Waals surface area (Å²) in [5.41, 5.74) is 8.22. The van der Waals surface area contributed by atoms with Crippen LogP contribution >= 0.6 is 0 Å². The molecule has 2 aromatic heterocycles. The van der Waals surface area contributed by atoms with Gasteiger partial charge < -0.3 is 29.6 Å². The summed E-state index contributed by atoms with van der Waals surface area (Å²) >= 11 is 0. The standard InChI is InChI=1S/C29H37N5O3/c1-3-4-23-16-34(8-10-37-23)29(35)33-7-5-20-11-21(22-13-24-19(2)14-31-28(24)32-15-22)12-25(26(20)17-33)27-18-36-9-6-30-27/h11-15,23,27,30H,3-10,16-18H2,1-2H3,(H,31,32). The monoisotopic (exact) mass is 503 g/mol. The number of carbonyl (C=O) groups is 1. The summed E-state index contributed by atoms with van der Waals surface area (Å²) < 4.78 is 11.7. The van der Waals surface area contributed by atoms with Gasteiger partial charge in [0, 0.05) is 56.1 Å². The zero-order valence-corrected chi connectivity index (χ0v) is 21.9. The number of morpholine rings is 2. The second-order valence-electron chi connectivity index (χ2n) is 10.6. The molecule has 0 saturated carbocycles. The van der Waals surface area contributed by atoms with Crippen molar-refractivity contribution in [3.8, 4) is 11.1 Å². The van der Waals surface area contributed by atoms with E-state index in [4.69, 9.17) is 9.47 Å². The molecule has 2 unspecified atom stereocenters. The second-order valence-corrected chi connectivity index (χ2v) is 10.6. The Labute approximate surface area is 218 Å². The highest BCUT2D eigenvalue weighted by atomic mass is 16.5. The molecule has 2 saturated heterocycles. The minimum atomic E-state index is 0.112. The lowest BCUT2D eigenvalue weighted by atomic mass is 9.87. The van der Waals surface area contributed by atoms with E-state index < -0.39 is 0 Å². The summed E-state index contributed by atoms with van der Waals surface area (Å²) in [6, 6.07) is 7.07. The van der Waals surface area contributed by atoms with Crippen molar-refractivity contribution < 1.29 is 14.3 Å². The van der Waals surface area contributed by atoms with Crippen LogP contribution < -0.4 is 5.32 Å². The fraction of sp³-hybridized carbons (Fsp3) is 0.517. The Kier molecular flexibility index (Phi) is 6.88. The zero-order chi connectivity index (χ0) is 25.4. The van der Waals surface area contributed by atoms with E-state index in [-0.39, 0.29) is 18.2 Å². The van der Waals surface area contributed by atoms with Gasteiger partial charge in [0.25, 0.3) is 0 Å². The number of aryl methyl sites for hydroxylation is 1. The number of nitrogens with zero attached hydrogens (tertiary/aromatic N) is 3. The smallest absolute Gasteiger partial charge is 0.320 e. The Morgan fingerprint density at radius 2 is 2.08 bits per heavy atom. The summed E-state index contributed by atoms with van der Waals surface area (Å²) in [7, 11) is 0. The Morgan fingerprint density at radius 3 is 2.92 bits per heavy atom. The third kappa shape index (κ3) is 4.85. The van der Waals surface area contributed by atoms with Gasteiger partial charge in [0.1, 0.15) is 5.65 Å². The molecular weight excluding hydrogens is 466 g/mol. The Bertz CT molecular complexity index is 1280. The molecule has 196 valence electrons. The van der Waals surface area contributed by atoms with Crippen molar-refractivity contribution in [1.29, 1.82) is 0 Å². The van der Waals surface area contributed by atoms with E-state index in [1.807, 2.05) is 22.2 Å². The number of benzene rings is 1. The van der Waals surface area contributed by atoms with Crippen molar-refractivity contribution in [2.24, 2.45) is 0 Å². The van der Waals surface area contributed by atoms with Gasteiger partial charge in [-0.25, -0.2) is 9.78 Å². The van der Waals surface area contributed by atoms with E-state index in [1.165, 1.54) is 27.8 Å². The third-order valence-corrected chi connectivity index (χ3v) is 8.04. The number of pyridine rings is 1. The lowest BCUT2D eigenvalue weighted by Gasteiger charge is -2.39. The van der Waals surface area contributed by atoms with Gasteiger partial charge in [-0.05, 0) is 59.7 Å². The maximum Gasteiger partial charge on any atom is 0.320 e. The fourth-order valence-electron chi connectivity index (χ4n) is 5.99. The maximum atomic E-state index is 13.6. The first kappa shape index (κ1) is 24.4. The van der Waals surface area contributed by atoms with Gasteiger partial charge in [-0.3, -0.25) is 0 Å². The van der Waals surface area contributed by atoms with Gasteiger partial charge >= 0.3 is 6.03 Å². The topological polar surface area (TPSA) is 82.7 Å². The first-order chi connectivity index (χ1) is 18.1. The van der Waals surface area contributed by atoms with Crippen LogP contribution in [0.1, 0.15) is 48.1 Å². The summed E-state index contributed by atoms with van der Waals surface area (Å²) in [5, 5.41) is 4.80. The van der Waals surface area contributed by atoms with Crippen molar-refractivity contribution in [1.82, 2.24) is 25.1 Å². The maximum absolute atomic E-state index is 13.6. The number of aromatic nitrogens is 2. The number of fused-ring (bicyclic) bond motifs is 2. The Hall–Kier alpha value is -2.94. The number of ether oxygens (including phenoxy) is 2. The molecule has 0 spiro atoms. The zero-order valence-electron chi connectivity index (χ0n) is 21.9. The van der Waals surface area contributed by atoms with Crippen LogP contribution in [-0.2, 0) is 22.4 Å². The number of amides is 2. The molecule has 2 amide bonds. The molecule has 2 fully saturated rings. The van der Waals surface area contributed by atoms with Crippen molar-refractivity contribution in [3.63, 3.8) is 0 Å². The molecular formula is C29H37N5O3. The van der Waals surface area contributed by atoms with Gasteiger partial charge in [0.15, 0.2) is 0 Å². The molecule has 3 aliphatic rings. The summed E-state index contributed by atoms with van der Waals surface area (Å²) in [6.45, 7) is 9.81. The van der Waals surface area contributed by atoms with Crippen molar-refractivity contribution in [3.05, 3.63) is 52.8 Å². The predicted molar refractivity (Wildman–Crippen MR) is 144 cm³/mol. The molecule has 0 aliphatic carbocycles. The van der Waals surface area contributed by atoms with Gasteiger partial charge in [0.05, 0.1) is 32.0 Å². The SMILES string of the molecule is CCCC1CN(C(=O)N2CCc3cc(-c4cnc5[nH]cc(C)c5c4)cc(C4COCCN4)c3C2)CCO1. The van der Waals surface area contributed by atoms with E-state index in [0.717, 1.165) is 55.6 Å². The highest BCUT2D eigenvalue weighted by Crippen LogP contribution is 2.35. The second kappa shape index (κ2) is 10.4. The number of hydrogen-bond donors (Lipinski definition) is 2. The van der Waals surface area contributed by atoms with Gasteiger partial charge in [-0.1, -0.05) is 19.4 Å². The molecule has 3 aliphatic heterocycles. The minimum absolute atomic E-state index is 0.112. The Balaban J connectivity index is 1.32. The highest BCUT2D eigenvalue weighted by molar-refractivity contribution is 5.84. The van der Waals surface area contributed by atoms with E-state index in [2.05, 4.69) is 47.3 Å². The molecule has 2 atom stereocenters. The lowest BCUT2D eigenvalue weighted by Crippen LogP contribution is -2.52.